The van der Waals surface area contributed by atoms with Gasteiger partial charge >= 0.3 is 0 Å². The van der Waals surface area contributed by atoms with Crippen LogP contribution in [0.3, 0.4) is 0 Å². The zero-order chi connectivity index (χ0) is 15.0. The van der Waals surface area contributed by atoms with Crippen LogP contribution in [0.25, 0.3) is 0 Å². The molecular weight excluding hydrogens is 248 g/mol. The van der Waals surface area contributed by atoms with Crippen molar-refractivity contribution in [2.75, 3.05) is 27.3 Å². The Balaban J connectivity index is 2.60. The monoisotopic (exact) mass is 278 g/mol. The van der Waals surface area contributed by atoms with Crippen LogP contribution < -0.4 is 5.32 Å². The minimum atomic E-state index is 0.432. The molecule has 20 heavy (non-hydrogen) atoms. The Morgan fingerprint density at radius 3 is 2.40 bits per heavy atom. The third-order valence-electron chi connectivity index (χ3n) is 3.65. The van der Waals surface area contributed by atoms with Crippen molar-refractivity contribution in [2.45, 2.75) is 45.8 Å². The zero-order valence-corrected chi connectivity index (χ0v) is 13.6. The van der Waals surface area contributed by atoms with Crippen LogP contribution >= 0.6 is 0 Å². The molecule has 0 fully saturated rings. The summed E-state index contributed by atoms with van der Waals surface area (Å²) in [5, 5.41) is 3.48. The van der Waals surface area contributed by atoms with Gasteiger partial charge in [-0.05, 0) is 38.1 Å². The van der Waals surface area contributed by atoms with Crippen LogP contribution in [0.4, 0.5) is 0 Å². The number of hydrogen-bond acceptors (Lipinski definition) is 3. The summed E-state index contributed by atoms with van der Waals surface area (Å²) in [6.45, 7) is 9.35. The number of benzene rings is 1. The summed E-state index contributed by atoms with van der Waals surface area (Å²) in [5.41, 5.74) is 2.86. The van der Waals surface area contributed by atoms with Gasteiger partial charge in [0.05, 0.1) is 6.61 Å². The van der Waals surface area contributed by atoms with Gasteiger partial charge in [-0.15, -0.1) is 0 Å². The third-order valence-corrected chi connectivity index (χ3v) is 3.65. The SMILES string of the molecule is COCC(C)N(C)Cc1ccccc1CCNC(C)C. The molecule has 114 valence electrons. The topological polar surface area (TPSA) is 24.5 Å². The highest BCUT2D eigenvalue weighted by atomic mass is 16.5. The Morgan fingerprint density at radius 2 is 1.80 bits per heavy atom. The maximum absolute atomic E-state index is 5.23. The van der Waals surface area contributed by atoms with Crippen molar-refractivity contribution < 1.29 is 4.74 Å². The molecule has 3 nitrogen and oxygen atoms in total. The summed E-state index contributed by atoms with van der Waals surface area (Å²) >= 11 is 0. The molecule has 0 radical (unpaired) electrons. The average Bonchev–Trinajstić information content (AvgIpc) is 2.40. The lowest BCUT2D eigenvalue weighted by Crippen LogP contribution is -2.32. The van der Waals surface area contributed by atoms with E-state index in [1.54, 1.807) is 7.11 Å². The first kappa shape index (κ1) is 17.2. The number of nitrogens with zero attached hydrogens (tertiary/aromatic N) is 1. The van der Waals surface area contributed by atoms with Crippen LogP contribution in [0.1, 0.15) is 31.9 Å². The van der Waals surface area contributed by atoms with E-state index in [-0.39, 0.29) is 0 Å². The van der Waals surface area contributed by atoms with E-state index in [1.165, 1.54) is 11.1 Å². The van der Waals surface area contributed by atoms with Crippen molar-refractivity contribution in [3.8, 4) is 0 Å². The van der Waals surface area contributed by atoms with Crippen molar-refractivity contribution >= 4 is 0 Å². The highest BCUT2D eigenvalue weighted by molar-refractivity contribution is 5.27. The second kappa shape index (κ2) is 9.11. The summed E-state index contributed by atoms with van der Waals surface area (Å²) in [6, 6.07) is 9.72. The van der Waals surface area contributed by atoms with Gasteiger partial charge in [0.2, 0.25) is 0 Å². The highest BCUT2D eigenvalue weighted by Gasteiger charge is 2.11. The van der Waals surface area contributed by atoms with Crippen LogP contribution in [-0.2, 0) is 17.7 Å². The average molecular weight is 278 g/mol. The van der Waals surface area contributed by atoms with E-state index < -0.39 is 0 Å². The fraction of sp³-hybridized carbons (Fsp3) is 0.647. The number of methoxy groups -OCH3 is 1. The Morgan fingerprint density at radius 1 is 1.15 bits per heavy atom. The molecule has 1 rings (SSSR count). The zero-order valence-electron chi connectivity index (χ0n) is 13.6. The summed E-state index contributed by atoms with van der Waals surface area (Å²) in [4.78, 5) is 2.35. The first-order valence-corrected chi connectivity index (χ1v) is 7.54. The van der Waals surface area contributed by atoms with E-state index in [2.05, 4.69) is 62.3 Å². The van der Waals surface area contributed by atoms with E-state index in [0.29, 0.717) is 12.1 Å². The van der Waals surface area contributed by atoms with Gasteiger partial charge in [0.25, 0.3) is 0 Å². The number of hydrogen-bond donors (Lipinski definition) is 1. The van der Waals surface area contributed by atoms with Crippen LogP contribution in [-0.4, -0.2) is 44.3 Å². The van der Waals surface area contributed by atoms with E-state index in [4.69, 9.17) is 4.74 Å². The van der Waals surface area contributed by atoms with Gasteiger partial charge in [-0.3, -0.25) is 4.90 Å². The Kier molecular flexibility index (Phi) is 7.82. The van der Waals surface area contributed by atoms with Crippen LogP contribution in [0.2, 0.25) is 0 Å². The van der Waals surface area contributed by atoms with Gasteiger partial charge < -0.3 is 10.1 Å². The molecule has 0 spiro atoms. The first-order valence-electron chi connectivity index (χ1n) is 7.54. The standard InChI is InChI=1S/C17H30N2O/c1-14(2)18-11-10-16-8-6-7-9-17(16)12-19(4)15(3)13-20-5/h6-9,14-15,18H,10-13H2,1-5H3. The molecule has 0 saturated heterocycles. The predicted octanol–water partition coefficient (Wildman–Crippen LogP) is 2.69. The van der Waals surface area contributed by atoms with Crippen molar-refractivity contribution in [3.63, 3.8) is 0 Å². The molecule has 0 bridgehead atoms. The molecule has 0 aliphatic carbocycles. The van der Waals surface area contributed by atoms with E-state index in [9.17, 15) is 0 Å². The molecule has 1 atom stereocenters. The fourth-order valence-corrected chi connectivity index (χ4v) is 2.24. The van der Waals surface area contributed by atoms with Gasteiger partial charge in [0.15, 0.2) is 0 Å². The molecule has 3 heteroatoms. The second-order valence-electron chi connectivity index (χ2n) is 5.85. The number of nitrogens with one attached hydrogen (secondary N) is 1. The van der Waals surface area contributed by atoms with Gasteiger partial charge in [-0.1, -0.05) is 38.1 Å². The molecule has 0 aliphatic heterocycles. The molecule has 0 amide bonds. The molecule has 1 unspecified atom stereocenters. The number of ether oxygens (including phenoxy) is 1. The fourth-order valence-electron chi connectivity index (χ4n) is 2.24. The van der Waals surface area contributed by atoms with Crippen LogP contribution in [0.15, 0.2) is 24.3 Å². The Labute approximate surface area is 124 Å². The van der Waals surface area contributed by atoms with Gasteiger partial charge in [0, 0.05) is 25.7 Å². The molecule has 0 aromatic heterocycles. The molecule has 0 aliphatic rings. The van der Waals surface area contributed by atoms with Crippen molar-refractivity contribution in [1.29, 1.82) is 0 Å². The minimum absolute atomic E-state index is 0.432. The Hall–Kier alpha value is -0.900. The molecule has 1 aromatic carbocycles. The minimum Gasteiger partial charge on any atom is -0.383 e. The highest BCUT2D eigenvalue weighted by Crippen LogP contribution is 2.13. The summed E-state index contributed by atoms with van der Waals surface area (Å²) < 4.78 is 5.23. The smallest absolute Gasteiger partial charge is 0.0615 e. The third kappa shape index (κ3) is 6.04. The van der Waals surface area contributed by atoms with E-state index >= 15 is 0 Å². The summed E-state index contributed by atoms with van der Waals surface area (Å²) in [5.74, 6) is 0. The Bertz CT molecular complexity index is 379. The maximum Gasteiger partial charge on any atom is 0.0615 e. The molecule has 1 N–H and O–H groups in total. The normalized spacial score (nSPS) is 13.2. The van der Waals surface area contributed by atoms with Crippen LogP contribution in [0.5, 0.6) is 0 Å². The summed E-state index contributed by atoms with van der Waals surface area (Å²) in [6.07, 6.45) is 1.08. The largest absolute Gasteiger partial charge is 0.383 e. The predicted molar refractivity (Wildman–Crippen MR) is 86.1 cm³/mol. The van der Waals surface area contributed by atoms with Crippen LogP contribution in [0, 0.1) is 0 Å². The molecule has 1 aromatic rings. The van der Waals surface area contributed by atoms with E-state index in [1.807, 2.05) is 0 Å². The molecule has 0 heterocycles. The summed E-state index contributed by atoms with van der Waals surface area (Å²) in [7, 11) is 3.92. The van der Waals surface area contributed by atoms with E-state index in [0.717, 1.165) is 26.1 Å². The lowest BCUT2D eigenvalue weighted by molar-refractivity contribution is 0.112. The first-order chi connectivity index (χ1) is 9.54. The van der Waals surface area contributed by atoms with Gasteiger partial charge in [-0.2, -0.15) is 0 Å². The van der Waals surface area contributed by atoms with Gasteiger partial charge in [0.1, 0.15) is 0 Å². The van der Waals surface area contributed by atoms with Gasteiger partial charge in [-0.25, -0.2) is 0 Å². The van der Waals surface area contributed by atoms with Crippen molar-refractivity contribution in [3.05, 3.63) is 35.4 Å². The maximum atomic E-state index is 5.23. The lowest BCUT2D eigenvalue weighted by Gasteiger charge is -2.25. The lowest BCUT2D eigenvalue weighted by atomic mass is 10.0. The number of likely N-dealkylation sites (N-methyl/N-ethyl adjacent to an activating group) is 1. The molecular formula is C17H30N2O. The molecule has 0 saturated carbocycles. The quantitative estimate of drug-likeness (QED) is 0.751. The van der Waals surface area contributed by atoms with Crippen molar-refractivity contribution in [1.82, 2.24) is 10.2 Å². The van der Waals surface area contributed by atoms with Crippen molar-refractivity contribution in [2.24, 2.45) is 0 Å². The second-order valence-corrected chi connectivity index (χ2v) is 5.85. The number of rotatable bonds is 9.